The molecule has 0 bridgehead atoms. The van der Waals surface area contributed by atoms with E-state index >= 15 is 0 Å². The summed E-state index contributed by atoms with van der Waals surface area (Å²) in [5.74, 6) is 0. The number of piperidine rings is 1. The summed E-state index contributed by atoms with van der Waals surface area (Å²) in [4.78, 5) is 15.3. The number of hydrogen-bond acceptors (Lipinski definition) is 3. The highest BCUT2D eigenvalue weighted by Gasteiger charge is 2.36. The summed E-state index contributed by atoms with van der Waals surface area (Å²) >= 11 is 12.1. The lowest BCUT2D eigenvalue weighted by Gasteiger charge is -2.42. The molecule has 1 fully saturated rings. The van der Waals surface area contributed by atoms with Gasteiger partial charge in [-0.15, -0.1) is 0 Å². The van der Waals surface area contributed by atoms with Crippen molar-refractivity contribution < 1.29 is 4.79 Å². The van der Waals surface area contributed by atoms with Gasteiger partial charge in [0.25, 0.3) is 0 Å². The van der Waals surface area contributed by atoms with Crippen molar-refractivity contribution in [2.75, 3.05) is 31.5 Å². The Bertz CT molecular complexity index is 1220. The Morgan fingerprint density at radius 3 is 2.33 bits per heavy atom. The summed E-state index contributed by atoms with van der Waals surface area (Å²) < 4.78 is 0. The molecule has 7 heteroatoms. The smallest absolute Gasteiger partial charge is 0.319 e. The molecule has 3 aromatic rings. The molecule has 0 unspecified atom stereocenters. The van der Waals surface area contributed by atoms with Crippen molar-refractivity contribution in [2.24, 2.45) is 0 Å². The van der Waals surface area contributed by atoms with E-state index in [1.807, 2.05) is 24.3 Å². The van der Waals surface area contributed by atoms with Crippen LogP contribution in [0, 0.1) is 11.3 Å². The van der Waals surface area contributed by atoms with E-state index < -0.39 is 0 Å². The van der Waals surface area contributed by atoms with E-state index in [2.05, 4.69) is 52.8 Å². The molecule has 0 saturated carbocycles. The van der Waals surface area contributed by atoms with Gasteiger partial charge in [0, 0.05) is 27.7 Å². The van der Waals surface area contributed by atoms with Gasteiger partial charge in [0.15, 0.2) is 0 Å². The molecular weight excluding hydrogens is 491 g/mol. The first-order valence-corrected chi connectivity index (χ1v) is 13.0. The standard InChI is InChI=1S/C29H30Cl2N4O/c1-2-12-35-13-10-29(11-14-35,20-33-28(36)34-27-17-25(30)16-26(31)18-27)24-8-6-22(7-9-24)23-5-3-4-21(15-23)19-32/h3-9,15-18H,2,10-14,20H2,1H3,(H2,33,34,36). The topological polar surface area (TPSA) is 68.2 Å². The first-order chi connectivity index (χ1) is 17.4. The molecule has 1 aliphatic heterocycles. The summed E-state index contributed by atoms with van der Waals surface area (Å²) in [6.07, 6.45) is 3.05. The average molecular weight is 521 g/mol. The van der Waals surface area contributed by atoms with E-state index in [4.69, 9.17) is 23.2 Å². The van der Waals surface area contributed by atoms with Gasteiger partial charge >= 0.3 is 6.03 Å². The predicted molar refractivity (Wildman–Crippen MR) is 148 cm³/mol. The zero-order valence-corrected chi connectivity index (χ0v) is 21.9. The van der Waals surface area contributed by atoms with Crippen molar-refractivity contribution in [3.63, 3.8) is 0 Å². The van der Waals surface area contributed by atoms with Gasteiger partial charge in [0.05, 0.1) is 11.6 Å². The maximum atomic E-state index is 12.8. The molecule has 4 rings (SSSR count). The molecule has 2 N–H and O–H groups in total. The highest BCUT2D eigenvalue weighted by Crippen LogP contribution is 2.36. The summed E-state index contributed by atoms with van der Waals surface area (Å²) in [7, 11) is 0. The molecule has 0 aromatic heterocycles. The van der Waals surface area contributed by atoms with E-state index in [9.17, 15) is 10.1 Å². The number of benzene rings is 3. The van der Waals surface area contributed by atoms with Crippen molar-refractivity contribution in [2.45, 2.75) is 31.6 Å². The molecule has 0 atom stereocenters. The maximum absolute atomic E-state index is 12.8. The van der Waals surface area contributed by atoms with Crippen LogP contribution < -0.4 is 10.6 Å². The van der Waals surface area contributed by atoms with Crippen molar-refractivity contribution in [3.05, 3.63) is 87.9 Å². The summed E-state index contributed by atoms with van der Waals surface area (Å²) in [5.41, 5.74) is 4.34. The van der Waals surface area contributed by atoms with Crippen LogP contribution in [-0.2, 0) is 5.41 Å². The first-order valence-electron chi connectivity index (χ1n) is 12.3. The maximum Gasteiger partial charge on any atom is 0.319 e. The van der Waals surface area contributed by atoms with Crippen LogP contribution in [0.25, 0.3) is 11.1 Å². The summed E-state index contributed by atoms with van der Waals surface area (Å²) in [6, 6.07) is 23.1. The minimum Gasteiger partial charge on any atom is -0.337 e. The van der Waals surface area contributed by atoms with Gasteiger partial charge in [-0.1, -0.05) is 66.5 Å². The molecular formula is C29H30Cl2N4O. The van der Waals surface area contributed by atoms with Gasteiger partial charge in [-0.05, 0) is 85.9 Å². The second-order valence-corrected chi connectivity index (χ2v) is 10.2. The van der Waals surface area contributed by atoms with E-state index in [0.717, 1.165) is 50.0 Å². The number of rotatable bonds is 7. The lowest BCUT2D eigenvalue weighted by atomic mass is 9.72. The Morgan fingerprint density at radius 2 is 1.69 bits per heavy atom. The molecule has 1 saturated heterocycles. The normalized spacial score (nSPS) is 15.2. The monoisotopic (exact) mass is 520 g/mol. The zero-order chi connectivity index (χ0) is 25.5. The number of carbonyl (C=O) groups excluding carboxylic acids is 1. The quantitative estimate of drug-likeness (QED) is 0.349. The highest BCUT2D eigenvalue weighted by atomic mass is 35.5. The van der Waals surface area contributed by atoms with Crippen LogP contribution in [0.5, 0.6) is 0 Å². The largest absolute Gasteiger partial charge is 0.337 e. The van der Waals surface area contributed by atoms with Gasteiger partial charge in [-0.25, -0.2) is 4.79 Å². The fourth-order valence-corrected chi connectivity index (χ4v) is 5.45. The van der Waals surface area contributed by atoms with Gasteiger partial charge < -0.3 is 15.5 Å². The van der Waals surface area contributed by atoms with Crippen LogP contribution in [-0.4, -0.2) is 37.1 Å². The second kappa shape index (κ2) is 11.8. The SMILES string of the molecule is CCCN1CCC(CNC(=O)Nc2cc(Cl)cc(Cl)c2)(c2ccc(-c3cccc(C#N)c3)cc2)CC1. The van der Waals surface area contributed by atoms with Gasteiger partial charge in [0.1, 0.15) is 0 Å². The minimum atomic E-state index is -0.284. The lowest BCUT2D eigenvalue weighted by Crippen LogP contribution is -2.49. The number of likely N-dealkylation sites (tertiary alicyclic amines) is 1. The minimum absolute atomic E-state index is 0.166. The van der Waals surface area contributed by atoms with E-state index in [-0.39, 0.29) is 11.4 Å². The lowest BCUT2D eigenvalue weighted by molar-refractivity contribution is 0.157. The average Bonchev–Trinajstić information content (AvgIpc) is 2.88. The third-order valence-corrected chi connectivity index (χ3v) is 7.32. The Balaban J connectivity index is 1.52. The zero-order valence-electron chi connectivity index (χ0n) is 20.4. The van der Waals surface area contributed by atoms with Crippen LogP contribution in [0.1, 0.15) is 37.3 Å². The second-order valence-electron chi connectivity index (χ2n) is 9.36. The third-order valence-electron chi connectivity index (χ3n) is 6.88. The van der Waals surface area contributed by atoms with Gasteiger partial charge in [0.2, 0.25) is 0 Å². The fraction of sp³-hybridized carbons (Fsp3) is 0.310. The van der Waals surface area contributed by atoms with E-state index in [1.54, 1.807) is 18.2 Å². The predicted octanol–water partition coefficient (Wildman–Crippen LogP) is 7.10. The Hall–Kier alpha value is -3.04. The number of nitriles is 1. The summed E-state index contributed by atoms with van der Waals surface area (Å²) in [6.45, 7) is 5.81. The van der Waals surface area contributed by atoms with Gasteiger partial charge in [-0.3, -0.25) is 0 Å². The number of halogens is 2. The number of urea groups is 1. The molecule has 186 valence electrons. The van der Waals surface area contributed by atoms with Crippen LogP contribution in [0.4, 0.5) is 10.5 Å². The van der Waals surface area contributed by atoms with Crippen LogP contribution >= 0.6 is 23.2 Å². The van der Waals surface area contributed by atoms with Crippen molar-refractivity contribution in [1.29, 1.82) is 5.26 Å². The van der Waals surface area contributed by atoms with Crippen molar-refractivity contribution in [3.8, 4) is 17.2 Å². The molecule has 0 aliphatic carbocycles. The fourth-order valence-electron chi connectivity index (χ4n) is 4.92. The number of amides is 2. The molecule has 1 aliphatic rings. The number of hydrogen-bond donors (Lipinski definition) is 2. The number of nitrogens with one attached hydrogen (secondary N) is 2. The number of carbonyl (C=O) groups is 1. The summed E-state index contributed by atoms with van der Waals surface area (Å²) in [5, 5.41) is 16.1. The molecule has 5 nitrogen and oxygen atoms in total. The van der Waals surface area contributed by atoms with Crippen LogP contribution in [0.15, 0.2) is 66.7 Å². The third kappa shape index (κ3) is 6.39. The Labute approximate surface area is 223 Å². The van der Waals surface area contributed by atoms with Crippen molar-refractivity contribution in [1.82, 2.24) is 10.2 Å². The molecule has 2 amide bonds. The van der Waals surface area contributed by atoms with Crippen LogP contribution in [0.2, 0.25) is 10.0 Å². The van der Waals surface area contributed by atoms with E-state index in [1.165, 1.54) is 5.56 Å². The number of nitrogens with zero attached hydrogens (tertiary/aromatic N) is 2. The van der Waals surface area contributed by atoms with Crippen LogP contribution in [0.3, 0.4) is 0 Å². The molecule has 1 heterocycles. The van der Waals surface area contributed by atoms with Gasteiger partial charge in [-0.2, -0.15) is 5.26 Å². The Kier molecular flexibility index (Phi) is 8.53. The number of anilines is 1. The molecule has 0 radical (unpaired) electrons. The van der Waals surface area contributed by atoms with E-state index in [0.29, 0.717) is 27.8 Å². The highest BCUT2D eigenvalue weighted by molar-refractivity contribution is 6.35. The van der Waals surface area contributed by atoms with Crippen molar-refractivity contribution >= 4 is 34.9 Å². The molecule has 36 heavy (non-hydrogen) atoms. The Morgan fingerprint density at radius 1 is 1.00 bits per heavy atom. The molecule has 0 spiro atoms. The molecule has 3 aromatic carbocycles. The first kappa shape index (κ1) is 26.0.